The van der Waals surface area contributed by atoms with E-state index in [1.54, 1.807) is 0 Å². The fraction of sp³-hybridized carbons (Fsp3) is 0.750. The van der Waals surface area contributed by atoms with Crippen LogP contribution in [-0.4, -0.2) is 55.2 Å². The van der Waals surface area contributed by atoms with Crippen LogP contribution in [0.3, 0.4) is 0 Å². The number of hydrogen-bond acceptors (Lipinski definition) is 4. The molecule has 0 atom stereocenters. The average Bonchev–Trinajstić information content (AvgIpc) is 2.12. The summed E-state index contributed by atoms with van der Waals surface area (Å²) in [5, 5.41) is 8.53. The topological polar surface area (TPSA) is 92.9 Å². The van der Waals surface area contributed by atoms with Crippen molar-refractivity contribution in [3.8, 4) is 0 Å². The number of nitrogens with zero attached hydrogens (tertiary/aromatic N) is 1. The van der Waals surface area contributed by atoms with Crippen molar-refractivity contribution in [3.05, 3.63) is 0 Å². The molecule has 0 saturated heterocycles. The van der Waals surface area contributed by atoms with Crippen molar-refractivity contribution >= 4 is 11.9 Å². The molecule has 0 fully saturated rings. The summed E-state index contributed by atoms with van der Waals surface area (Å²) in [4.78, 5) is 22.9. The number of nitrogens with two attached hydrogens (primary N) is 1. The third kappa shape index (κ3) is 5.50. The highest BCUT2D eigenvalue weighted by molar-refractivity contribution is 5.81. The first-order chi connectivity index (χ1) is 6.61. The fourth-order valence-electron chi connectivity index (χ4n) is 0.938. The van der Waals surface area contributed by atoms with Crippen molar-refractivity contribution in [2.45, 2.75) is 6.42 Å². The lowest BCUT2D eigenvalue weighted by atomic mass is 10.3. The molecule has 3 N–H and O–H groups in total. The minimum absolute atomic E-state index is 0.164. The summed E-state index contributed by atoms with van der Waals surface area (Å²) in [5.41, 5.74) is 5.20. The van der Waals surface area contributed by atoms with E-state index >= 15 is 0 Å². The van der Waals surface area contributed by atoms with E-state index in [9.17, 15) is 9.59 Å². The van der Waals surface area contributed by atoms with Crippen LogP contribution in [0, 0.1) is 0 Å². The summed E-state index contributed by atoms with van der Waals surface area (Å²) in [6.45, 7) is 0.523. The Morgan fingerprint density at radius 3 is 2.57 bits per heavy atom. The van der Waals surface area contributed by atoms with Crippen LogP contribution in [0.1, 0.15) is 6.42 Å². The van der Waals surface area contributed by atoms with Gasteiger partial charge in [-0.05, 0) is 0 Å². The molecule has 1 amide bonds. The van der Waals surface area contributed by atoms with Crippen molar-refractivity contribution < 1.29 is 19.4 Å². The Morgan fingerprint density at radius 1 is 1.50 bits per heavy atom. The van der Waals surface area contributed by atoms with Gasteiger partial charge in [0.1, 0.15) is 6.54 Å². The van der Waals surface area contributed by atoms with Gasteiger partial charge in [0.25, 0.3) is 0 Å². The Labute approximate surface area is 82.6 Å². The van der Waals surface area contributed by atoms with Crippen LogP contribution < -0.4 is 5.73 Å². The molecular weight excluding hydrogens is 188 g/mol. The summed E-state index contributed by atoms with van der Waals surface area (Å²) in [6.07, 6.45) is 0.164. The lowest BCUT2D eigenvalue weighted by molar-refractivity contribution is -0.144. The molecule has 0 spiro atoms. The Bertz CT molecular complexity index is 196. The van der Waals surface area contributed by atoms with Crippen LogP contribution in [0.2, 0.25) is 0 Å². The zero-order valence-corrected chi connectivity index (χ0v) is 8.23. The number of amides is 1. The smallest absolute Gasteiger partial charge is 0.323 e. The Morgan fingerprint density at radius 2 is 2.14 bits per heavy atom. The third-order valence-corrected chi connectivity index (χ3v) is 1.60. The molecule has 0 radical (unpaired) electrons. The normalized spacial score (nSPS) is 9.86. The predicted molar refractivity (Wildman–Crippen MR) is 49.8 cm³/mol. The van der Waals surface area contributed by atoms with Gasteiger partial charge in [-0.3, -0.25) is 9.59 Å². The van der Waals surface area contributed by atoms with Crippen LogP contribution in [0.25, 0.3) is 0 Å². The number of carbonyl (C=O) groups excluding carboxylic acids is 1. The second-order valence-electron chi connectivity index (χ2n) is 2.74. The summed E-state index contributed by atoms with van der Waals surface area (Å²) in [7, 11) is 1.49. The first-order valence-electron chi connectivity index (χ1n) is 4.30. The summed E-state index contributed by atoms with van der Waals surface area (Å²) in [6, 6.07) is 0. The minimum Gasteiger partial charge on any atom is -0.480 e. The first-order valence-corrected chi connectivity index (χ1v) is 4.30. The molecule has 0 saturated carbocycles. The van der Waals surface area contributed by atoms with E-state index in [1.807, 2.05) is 0 Å². The highest BCUT2D eigenvalue weighted by atomic mass is 16.5. The van der Waals surface area contributed by atoms with Crippen molar-refractivity contribution in [3.63, 3.8) is 0 Å². The maximum absolute atomic E-state index is 11.3. The molecule has 0 aliphatic rings. The second kappa shape index (κ2) is 7.28. The summed E-state index contributed by atoms with van der Waals surface area (Å²) < 4.78 is 4.76. The molecule has 0 unspecified atom stereocenters. The number of aliphatic carboxylic acids is 1. The number of carboxylic acids is 1. The molecule has 0 aromatic carbocycles. The molecule has 0 rings (SSSR count). The number of ether oxygens (including phenoxy) is 1. The van der Waals surface area contributed by atoms with Crippen LogP contribution in [-0.2, 0) is 14.3 Å². The van der Waals surface area contributed by atoms with Gasteiger partial charge in [-0.1, -0.05) is 0 Å². The molecule has 0 aromatic rings. The quantitative estimate of drug-likeness (QED) is 0.548. The summed E-state index contributed by atoms with van der Waals surface area (Å²) in [5.74, 6) is -1.29. The number of rotatable bonds is 7. The van der Waals surface area contributed by atoms with Crippen molar-refractivity contribution in [1.29, 1.82) is 0 Å². The fourth-order valence-corrected chi connectivity index (χ4v) is 0.938. The van der Waals surface area contributed by atoms with E-state index in [-0.39, 0.29) is 32.0 Å². The minimum atomic E-state index is -1.04. The first kappa shape index (κ1) is 12.9. The van der Waals surface area contributed by atoms with Crippen LogP contribution in [0.4, 0.5) is 0 Å². The van der Waals surface area contributed by atoms with Gasteiger partial charge in [-0.25, -0.2) is 0 Å². The summed E-state index contributed by atoms with van der Waals surface area (Å²) >= 11 is 0. The molecule has 0 aliphatic carbocycles. The number of hydrogen-bond donors (Lipinski definition) is 2. The van der Waals surface area contributed by atoms with Crippen LogP contribution in [0.5, 0.6) is 0 Å². The van der Waals surface area contributed by atoms with Crippen molar-refractivity contribution in [1.82, 2.24) is 4.90 Å². The van der Waals surface area contributed by atoms with Crippen molar-refractivity contribution in [2.75, 3.05) is 33.4 Å². The molecule has 6 nitrogen and oxygen atoms in total. The van der Waals surface area contributed by atoms with E-state index in [1.165, 1.54) is 12.0 Å². The molecule has 14 heavy (non-hydrogen) atoms. The SMILES string of the molecule is COCCN(CC(=O)O)C(=O)CCN. The van der Waals surface area contributed by atoms with Crippen molar-refractivity contribution in [2.24, 2.45) is 5.73 Å². The van der Waals surface area contributed by atoms with Gasteiger partial charge in [-0.2, -0.15) is 0 Å². The van der Waals surface area contributed by atoms with Crippen LogP contribution in [0.15, 0.2) is 0 Å². The number of carboxylic acid groups (broad SMARTS) is 1. The van der Waals surface area contributed by atoms with Crippen LogP contribution >= 0.6 is 0 Å². The molecule has 0 aromatic heterocycles. The Balaban J connectivity index is 4.08. The van der Waals surface area contributed by atoms with Gasteiger partial charge in [0.2, 0.25) is 5.91 Å². The monoisotopic (exact) mass is 204 g/mol. The molecule has 6 heteroatoms. The molecule has 0 bridgehead atoms. The van der Waals surface area contributed by atoms with E-state index in [4.69, 9.17) is 15.6 Å². The standard InChI is InChI=1S/C8H16N2O4/c1-14-5-4-10(6-8(12)13)7(11)2-3-9/h2-6,9H2,1H3,(H,12,13). The Kier molecular flexibility index (Phi) is 6.69. The van der Waals surface area contributed by atoms with E-state index in [2.05, 4.69) is 0 Å². The van der Waals surface area contributed by atoms with Gasteiger partial charge in [0.15, 0.2) is 0 Å². The van der Waals surface area contributed by atoms with Gasteiger partial charge in [-0.15, -0.1) is 0 Å². The maximum atomic E-state index is 11.3. The number of carbonyl (C=O) groups is 2. The predicted octanol–water partition coefficient (Wildman–Crippen LogP) is -1.11. The van der Waals surface area contributed by atoms with E-state index in [0.29, 0.717) is 6.61 Å². The van der Waals surface area contributed by atoms with E-state index in [0.717, 1.165) is 0 Å². The second-order valence-corrected chi connectivity index (χ2v) is 2.74. The lowest BCUT2D eigenvalue weighted by Crippen LogP contribution is -2.38. The number of methoxy groups -OCH3 is 1. The molecule has 82 valence electrons. The highest BCUT2D eigenvalue weighted by Gasteiger charge is 2.15. The maximum Gasteiger partial charge on any atom is 0.323 e. The molecule has 0 heterocycles. The lowest BCUT2D eigenvalue weighted by Gasteiger charge is -2.19. The van der Waals surface area contributed by atoms with E-state index < -0.39 is 5.97 Å². The molecular formula is C8H16N2O4. The molecule has 0 aliphatic heterocycles. The van der Waals surface area contributed by atoms with Gasteiger partial charge in [0.05, 0.1) is 6.61 Å². The largest absolute Gasteiger partial charge is 0.480 e. The van der Waals surface area contributed by atoms with Gasteiger partial charge < -0.3 is 20.5 Å². The Hall–Kier alpha value is -1.14. The average molecular weight is 204 g/mol. The zero-order chi connectivity index (χ0) is 11.0. The van der Waals surface area contributed by atoms with Gasteiger partial charge >= 0.3 is 5.97 Å². The zero-order valence-electron chi connectivity index (χ0n) is 8.23. The van der Waals surface area contributed by atoms with Gasteiger partial charge in [0, 0.05) is 26.6 Å². The highest BCUT2D eigenvalue weighted by Crippen LogP contribution is 1.93. The third-order valence-electron chi connectivity index (χ3n) is 1.60.